The Hall–Kier alpha value is -5.79. The molecule has 0 radical (unpaired) electrons. The van der Waals surface area contributed by atoms with Gasteiger partial charge in [-0.3, -0.25) is 19.5 Å². The summed E-state index contributed by atoms with van der Waals surface area (Å²) in [5.74, 6) is 1.69. The summed E-state index contributed by atoms with van der Waals surface area (Å²) in [4.78, 5) is 38.5. The van der Waals surface area contributed by atoms with Crippen molar-refractivity contribution < 1.29 is 28.5 Å². The first-order valence-corrected chi connectivity index (χ1v) is 23.3. The lowest BCUT2D eigenvalue weighted by Gasteiger charge is -2.31. The summed E-state index contributed by atoms with van der Waals surface area (Å²) in [5, 5.41) is 3.69. The summed E-state index contributed by atoms with van der Waals surface area (Å²) in [6.45, 7) is 10.1. The van der Waals surface area contributed by atoms with Gasteiger partial charge in [0.05, 0.1) is 48.3 Å². The number of ether oxygens (including phenoxy) is 4. The van der Waals surface area contributed by atoms with Gasteiger partial charge in [-0.1, -0.05) is 58.0 Å². The average Bonchev–Trinajstić information content (AvgIpc) is 3.61. The topological polar surface area (TPSA) is 105 Å². The van der Waals surface area contributed by atoms with Crippen LogP contribution in [0.4, 0.5) is 28.4 Å². The highest BCUT2D eigenvalue weighted by Gasteiger charge is 2.65. The van der Waals surface area contributed by atoms with E-state index in [1.54, 1.807) is 48.1 Å². The molecule has 5 aromatic rings. The molecular weight excluding hydrogens is 819 g/mol. The Morgan fingerprint density at radius 3 is 2.26 bits per heavy atom. The number of rotatable bonds is 15. The second-order valence-electron chi connectivity index (χ2n) is 17.0. The zero-order chi connectivity index (χ0) is 43.3. The SMILES string of the molecule is C=Nc1cc(OCc2cc(COc3cc4c(cc3OC)C(=O)N3c5ccccc5CC35C[C@H]5N4)cc(N(C)CC(C)(C)SSC)c2)c(OC)cc1C(=O)N1CCc2ccccc21. The van der Waals surface area contributed by atoms with Crippen LogP contribution in [0.25, 0.3) is 0 Å². The van der Waals surface area contributed by atoms with Crippen LogP contribution < -0.4 is 39.0 Å². The van der Waals surface area contributed by atoms with Crippen molar-refractivity contribution in [2.24, 2.45) is 4.99 Å². The van der Waals surface area contributed by atoms with E-state index in [9.17, 15) is 9.59 Å². The Morgan fingerprint density at radius 2 is 1.56 bits per heavy atom. The number of fused-ring (bicyclic) bond motifs is 4. The van der Waals surface area contributed by atoms with Crippen molar-refractivity contribution in [3.05, 3.63) is 124 Å². The fourth-order valence-electron chi connectivity index (χ4n) is 9.38. The minimum Gasteiger partial charge on any atom is -0.493 e. The van der Waals surface area contributed by atoms with Crippen LogP contribution in [0.2, 0.25) is 0 Å². The van der Waals surface area contributed by atoms with E-state index in [-0.39, 0.29) is 41.4 Å². The van der Waals surface area contributed by atoms with Crippen LogP contribution in [0.15, 0.2) is 96.0 Å². The van der Waals surface area contributed by atoms with Crippen LogP contribution in [0.5, 0.6) is 23.0 Å². The van der Waals surface area contributed by atoms with Crippen molar-refractivity contribution in [2.45, 2.75) is 62.7 Å². The molecule has 62 heavy (non-hydrogen) atoms. The lowest BCUT2D eigenvalue weighted by Crippen LogP contribution is -2.41. The maximum absolute atomic E-state index is 14.3. The molecule has 1 spiro atoms. The maximum Gasteiger partial charge on any atom is 0.261 e. The molecule has 0 bridgehead atoms. The van der Waals surface area contributed by atoms with Crippen molar-refractivity contribution in [3.8, 4) is 23.0 Å². The minimum absolute atomic E-state index is 0.0218. The molecule has 9 rings (SSSR count). The number of anilines is 4. The number of nitrogens with one attached hydrogen (secondary N) is 1. The van der Waals surface area contributed by atoms with E-state index in [2.05, 4.69) is 79.4 Å². The van der Waals surface area contributed by atoms with Gasteiger partial charge in [0, 0.05) is 60.5 Å². The van der Waals surface area contributed by atoms with Gasteiger partial charge in [-0.2, -0.15) is 0 Å². The summed E-state index contributed by atoms with van der Waals surface area (Å²) in [6.07, 6.45) is 4.62. The van der Waals surface area contributed by atoms with Crippen LogP contribution in [0.3, 0.4) is 0 Å². The summed E-state index contributed by atoms with van der Waals surface area (Å²) >= 11 is 0. The molecule has 1 saturated carbocycles. The zero-order valence-corrected chi connectivity index (χ0v) is 37.6. The lowest BCUT2D eigenvalue weighted by molar-refractivity contribution is 0.0974. The molecule has 320 valence electrons. The Kier molecular flexibility index (Phi) is 11.0. The van der Waals surface area contributed by atoms with Gasteiger partial charge < -0.3 is 34.1 Å². The number of carbonyl (C=O) groups excluding carboxylic acids is 2. The average molecular weight is 870 g/mol. The van der Waals surface area contributed by atoms with Crippen molar-refractivity contribution in [1.82, 2.24) is 0 Å². The normalized spacial score (nSPS) is 18.0. The van der Waals surface area contributed by atoms with Crippen LogP contribution in [0.1, 0.15) is 63.2 Å². The number of hydrogen-bond donors (Lipinski definition) is 1. The lowest BCUT2D eigenvalue weighted by atomic mass is 10.1. The van der Waals surface area contributed by atoms with E-state index in [0.29, 0.717) is 46.4 Å². The third-order valence-electron chi connectivity index (χ3n) is 12.3. The summed E-state index contributed by atoms with van der Waals surface area (Å²) in [5.41, 5.74) is 8.95. The molecular formula is C49H51N5O6S2. The van der Waals surface area contributed by atoms with Crippen molar-refractivity contribution in [3.63, 3.8) is 0 Å². The number of benzene rings is 5. The van der Waals surface area contributed by atoms with Gasteiger partial charge in [-0.05, 0) is 104 Å². The minimum atomic E-state index is -0.254. The predicted octanol–water partition coefficient (Wildman–Crippen LogP) is 9.76. The highest BCUT2D eigenvalue weighted by Crippen LogP contribution is 2.57. The van der Waals surface area contributed by atoms with E-state index in [1.165, 1.54) is 5.56 Å². The number of aliphatic imine (C=N–C) groups is 1. The molecule has 3 aliphatic heterocycles. The molecule has 1 fully saturated rings. The molecule has 11 nitrogen and oxygen atoms in total. The number of nitrogens with zero attached hydrogens (tertiary/aromatic N) is 4. The number of carbonyl (C=O) groups is 2. The van der Waals surface area contributed by atoms with Crippen molar-refractivity contribution >= 4 is 68.6 Å². The standard InChI is InChI=1S/C49H51N5O6S2/c1-48(2,62-61-7)29-52(4)34-19-30(27-59-43-23-37(50-3)35(21-41(43)57-5)46(55)53-17-16-32-12-8-10-14-39(32)53)18-31(20-34)28-60-44-24-38-36(22-42(44)58-6)47(56)54-40-15-11-9-13-33(40)25-49(54)26-45(49)51-38/h8-15,18-24,45,51H,3,16-17,25-29H2,1-2,4-7H3/t45-,49?/m1/s1. The van der Waals surface area contributed by atoms with E-state index >= 15 is 0 Å². The number of amides is 2. The van der Waals surface area contributed by atoms with Crippen LogP contribution >= 0.6 is 21.6 Å². The third kappa shape index (κ3) is 7.59. The summed E-state index contributed by atoms with van der Waals surface area (Å²) < 4.78 is 24.7. The quantitative estimate of drug-likeness (QED) is 0.0808. The zero-order valence-electron chi connectivity index (χ0n) is 35.9. The van der Waals surface area contributed by atoms with Gasteiger partial charge in [0.2, 0.25) is 0 Å². The number of hydrogen-bond acceptors (Lipinski definition) is 11. The molecule has 2 amide bonds. The predicted molar refractivity (Wildman–Crippen MR) is 252 cm³/mol. The van der Waals surface area contributed by atoms with E-state index in [0.717, 1.165) is 65.2 Å². The molecule has 5 aromatic carbocycles. The Morgan fingerprint density at radius 1 is 0.903 bits per heavy atom. The first kappa shape index (κ1) is 41.6. The van der Waals surface area contributed by atoms with Crippen LogP contribution in [-0.2, 0) is 26.1 Å². The van der Waals surface area contributed by atoms with Gasteiger partial charge in [0.25, 0.3) is 11.8 Å². The molecule has 1 unspecified atom stereocenters. The van der Waals surface area contributed by atoms with E-state index in [4.69, 9.17) is 18.9 Å². The van der Waals surface area contributed by atoms with Crippen molar-refractivity contribution in [2.75, 3.05) is 60.6 Å². The van der Waals surface area contributed by atoms with E-state index in [1.807, 2.05) is 58.2 Å². The first-order valence-electron chi connectivity index (χ1n) is 20.8. The third-order valence-corrected chi connectivity index (χ3v) is 14.9. The van der Waals surface area contributed by atoms with Crippen LogP contribution in [-0.4, -0.2) is 75.5 Å². The Labute approximate surface area is 371 Å². The monoisotopic (exact) mass is 869 g/mol. The maximum atomic E-state index is 14.3. The Balaban J connectivity index is 0.982. The van der Waals surface area contributed by atoms with Gasteiger partial charge in [-0.15, -0.1) is 0 Å². The van der Waals surface area contributed by atoms with Crippen LogP contribution in [0, 0.1) is 0 Å². The smallest absolute Gasteiger partial charge is 0.261 e. The van der Waals surface area contributed by atoms with Gasteiger partial charge in [0.15, 0.2) is 23.0 Å². The fraction of sp³-hybridized carbons (Fsp3) is 0.327. The molecule has 1 N–H and O–H groups in total. The molecule has 2 atom stereocenters. The highest BCUT2D eigenvalue weighted by atomic mass is 33.1. The van der Waals surface area contributed by atoms with Crippen molar-refractivity contribution in [1.29, 1.82) is 0 Å². The van der Waals surface area contributed by atoms with Gasteiger partial charge in [-0.25, -0.2) is 0 Å². The van der Waals surface area contributed by atoms with Gasteiger partial charge in [0.1, 0.15) is 13.2 Å². The second-order valence-corrected chi connectivity index (χ2v) is 20.1. The van der Waals surface area contributed by atoms with E-state index < -0.39 is 0 Å². The molecule has 1 aliphatic carbocycles. The first-order chi connectivity index (χ1) is 29.9. The Bertz CT molecular complexity index is 2600. The molecule has 13 heteroatoms. The summed E-state index contributed by atoms with van der Waals surface area (Å²) in [7, 11) is 8.86. The fourth-order valence-corrected chi connectivity index (χ4v) is 11.6. The number of para-hydroxylation sites is 2. The number of methoxy groups -OCH3 is 2. The summed E-state index contributed by atoms with van der Waals surface area (Å²) in [6, 6.07) is 29.8. The molecule has 4 aliphatic rings. The molecule has 3 heterocycles. The highest BCUT2D eigenvalue weighted by molar-refractivity contribution is 8.77. The molecule has 0 saturated heterocycles. The van der Waals surface area contributed by atoms with Gasteiger partial charge >= 0.3 is 0 Å². The largest absolute Gasteiger partial charge is 0.493 e. The second kappa shape index (κ2) is 16.5. The molecule has 0 aromatic heterocycles.